The number of ether oxygens (including phenoxy) is 4. The predicted molar refractivity (Wildman–Crippen MR) is 184 cm³/mol. The molecule has 13 heteroatoms. The standard InChI is InChI=1S/C34H55N5O7S/c1-26(2)27-7-9-28(10-8-27)38-13-15-39(16-14-38)32(41)11-17-43-19-21-45-23-24-46-22-20-44-18-12-35-31(40)6-4-3-5-30-33-29(25-47-30)36-34(42)37-33/h7-10,26,29-30,33H,3-6,11-25H2,1-2H3,(H,35,40)(H2,36,37,42). The quantitative estimate of drug-likeness (QED) is 0.125. The number of anilines is 1. The Labute approximate surface area is 284 Å². The first kappa shape index (κ1) is 37.2. The molecule has 3 aliphatic rings. The summed E-state index contributed by atoms with van der Waals surface area (Å²) in [6.45, 7) is 11.7. The lowest BCUT2D eigenvalue weighted by Gasteiger charge is -2.36. The molecule has 4 rings (SSSR count). The Hall–Kier alpha value is -2.58. The molecule has 3 N–H and O–H groups in total. The molecule has 0 radical (unpaired) electrons. The molecule has 0 aliphatic carbocycles. The van der Waals surface area contributed by atoms with Gasteiger partial charge < -0.3 is 44.7 Å². The summed E-state index contributed by atoms with van der Waals surface area (Å²) in [6, 6.07) is 9.17. The van der Waals surface area contributed by atoms with Crippen molar-refractivity contribution in [2.24, 2.45) is 0 Å². The molecule has 4 amide bonds. The number of nitrogens with one attached hydrogen (secondary N) is 3. The number of nitrogens with zero attached hydrogens (tertiary/aromatic N) is 2. The number of piperazine rings is 1. The highest BCUT2D eigenvalue weighted by Crippen LogP contribution is 2.33. The molecule has 3 aliphatic heterocycles. The number of unbranched alkanes of at least 4 members (excludes halogenated alkanes) is 1. The maximum absolute atomic E-state index is 12.6. The smallest absolute Gasteiger partial charge is 0.315 e. The van der Waals surface area contributed by atoms with Crippen LogP contribution in [0.1, 0.15) is 57.4 Å². The summed E-state index contributed by atoms with van der Waals surface area (Å²) >= 11 is 1.90. The second-order valence-corrected chi connectivity index (χ2v) is 13.8. The molecule has 0 saturated carbocycles. The van der Waals surface area contributed by atoms with Gasteiger partial charge in [0.15, 0.2) is 0 Å². The minimum absolute atomic E-state index is 0.0445. The Morgan fingerprint density at radius 3 is 2.15 bits per heavy atom. The van der Waals surface area contributed by atoms with E-state index in [1.807, 2.05) is 16.7 Å². The van der Waals surface area contributed by atoms with Gasteiger partial charge in [0.25, 0.3) is 0 Å². The summed E-state index contributed by atoms with van der Waals surface area (Å²) in [7, 11) is 0. The van der Waals surface area contributed by atoms with Gasteiger partial charge in [-0.3, -0.25) is 9.59 Å². The number of urea groups is 1. The van der Waals surface area contributed by atoms with Gasteiger partial charge in [0, 0.05) is 55.8 Å². The summed E-state index contributed by atoms with van der Waals surface area (Å²) in [4.78, 5) is 40.4. The number of carbonyl (C=O) groups is 3. The van der Waals surface area contributed by atoms with Crippen LogP contribution in [-0.4, -0.2) is 131 Å². The van der Waals surface area contributed by atoms with Gasteiger partial charge in [-0.2, -0.15) is 11.8 Å². The average molecular weight is 678 g/mol. The molecule has 0 bridgehead atoms. The lowest BCUT2D eigenvalue weighted by molar-refractivity contribution is -0.132. The number of fused-ring (bicyclic) bond motifs is 1. The molecule has 12 nitrogen and oxygen atoms in total. The highest BCUT2D eigenvalue weighted by Gasteiger charge is 2.42. The summed E-state index contributed by atoms with van der Waals surface area (Å²) in [5.41, 5.74) is 2.56. The fourth-order valence-electron chi connectivity index (χ4n) is 5.99. The van der Waals surface area contributed by atoms with Crippen molar-refractivity contribution in [3.8, 4) is 0 Å². The Balaban J connectivity index is 0.862. The first-order valence-electron chi connectivity index (χ1n) is 17.3. The van der Waals surface area contributed by atoms with Gasteiger partial charge in [-0.15, -0.1) is 0 Å². The number of hydrogen-bond acceptors (Lipinski definition) is 9. The van der Waals surface area contributed by atoms with Crippen LogP contribution in [0.4, 0.5) is 10.5 Å². The Kier molecular flexibility index (Phi) is 16.4. The van der Waals surface area contributed by atoms with Crippen LogP contribution in [0.25, 0.3) is 0 Å². The molecule has 3 atom stereocenters. The highest BCUT2D eigenvalue weighted by molar-refractivity contribution is 8.00. The molecule has 3 heterocycles. The molecule has 1 aromatic rings. The summed E-state index contributed by atoms with van der Waals surface area (Å²) in [6.07, 6.45) is 3.73. The highest BCUT2D eigenvalue weighted by atomic mass is 32.2. The van der Waals surface area contributed by atoms with Gasteiger partial charge >= 0.3 is 6.03 Å². The third kappa shape index (κ3) is 13.1. The zero-order valence-electron chi connectivity index (χ0n) is 28.2. The van der Waals surface area contributed by atoms with E-state index in [1.165, 1.54) is 11.3 Å². The molecule has 264 valence electrons. The van der Waals surface area contributed by atoms with Crippen molar-refractivity contribution >= 4 is 35.3 Å². The van der Waals surface area contributed by atoms with Crippen LogP contribution < -0.4 is 20.9 Å². The number of hydrogen-bond donors (Lipinski definition) is 3. The zero-order chi connectivity index (χ0) is 33.3. The van der Waals surface area contributed by atoms with E-state index in [0.29, 0.717) is 83.4 Å². The van der Waals surface area contributed by atoms with Gasteiger partial charge in [-0.1, -0.05) is 32.4 Å². The first-order valence-corrected chi connectivity index (χ1v) is 18.3. The van der Waals surface area contributed by atoms with Crippen molar-refractivity contribution < 1.29 is 33.3 Å². The third-order valence-electron chi connectivity index (χ3n) is 8.78. The molecule has 3 saturated heterocycles. The third-order valence-corrected chi connectivity index (χ3v) is 10.3. The average Bonchev–Trinajstić information content (AvgIpc) is 3.63. The van der Waals surface area contributed by atoms with Crippen LogP contribution in [0, 0.1) is 0 Å². The van der Waals surface area contributed by atoms with E-state index in [2.05, 4.69) is 59.0 Å². The fraction of sp³-hybridized carbons (Fsp3) is 0.735. The maximum Gasteiger partial charge on any atom is 0.315 e. The van der Waals surface area contributed by atoms with Crippen molar-refractivity contribution in [2.45, 2.75) is 69.2 Å². The SMILES string of the molecule is CC(C)c1ccc(N2CCN(C(=O)CCOCCOCCOCCOCCNC(=O)CCCCC3SCC4NC(=O)NC43)CC2)cc1. The Morgan fingerprint density at radius 1 is 0.851 bits per heavy atom. The predicted octanol–water partition coefficient (Wildman–Crippen LogP) is 2.76. The van der Waals surface area contributed by atoms with Crippen LogP contribution in [-0.2, 0) is 28.5 Å². The second-order valence-electron chi connectivity index (χ2n) is 12.5. The molecule has 3 fully saturated rings. The van der Waals surface area contributed by atoms with Gasteiger partial charge in [0.05, 0.1) is 71.4 Å². The maximum atomic E-state index is 12.6. The van der Waals surface area contributed by atoms with Gasteiger partial charge in [0.2, 0.25) is 11.8 Å². The van der Waals surface area contributed by atoms with E-state index in [9.17, 15) is 14.4 Å². The van der Waals surface area contributed by atoms with Crippen LogP contribution in [0.3, 0.4) is 0 Å². The van der Waals surface area contributed by atoms with Crippen molar-refractivity contribution in [1.29, 1.82) is 0 Å². The lowest BCUT2D eigenvalue weighted by Crippen LogP contribution is -2.49. The Bertz CT molecular complexity index is 1090. The first-order chi connectivity index (χ1) is 22.9. The molecule has 0 spiro atoms. The van der Waals surface area contributed by atoms with Crippen molar-refractivity contribution in [3.05, 3.63) is 29.8 Å². The molecule has 1 aromatic carbocycles. The minimum Gasteiger partial charge on any atom is -0.379 e. The number of carbonyl (C=O) groups excluding carboxylic acids is 3. The lowest BCUT2D eigenvalue weighted by atomic mass is 10.0. The number of rotatable bonds is 22. The van der Waals surface area contributed by atoms with Crippen molar-refractivity contribution in [2.75, 3.05) is 96.2 Å². The summed E-state index contributed by atoms with van der Waals surface area (Å²) < 4.78 is 22.2. The van der Waals surface area contributed by atoms with Crippen molar-refractivity contribution in [1.82, 2.24) is 20.9 Å². The van der Waals surface area contributed by atoms with E-state index >= 15 is 0 Å². The normalized spacial score (nSPS) is 20.7. The van der Waals surface area contributed by atoms with Crippen LogP contribution in [0.15, 0.2) is 24.3 Å². The largest absolute Gasteiger partial charge is 0.379 e. The fourth-order valence-corrected chi connectivity index (χ4v) is 7.53. The van der Waals surface area contributed by atoms with Crippen LogP contribution >= 0.6 is 11.8 Å². The van der Waals surface area contributed by atoms with Crippen LogP contribution in [0.2, 0.25) is 0 Å². The van der Waals surface area contributed by atoms with Gasteiger partial charge in [-0.05, 0) is 36.5 Å². The van der Waals surface area contributed by atoms with Gasteiger partial charge in [0.1, 0.15) is 0 Å². The summed E-state index contributed by atoms with van der Waals surface area (Å²) in [5, 5.41) is 9.29. The number of thioether (sulfide) groups is 1. The van der Waals surface area contributed by atoms with Crippen LogP contribution in [0.5, 0.6) is 0 Å². The van der Waals surface area contributed by atoms with Crippen molar-refractivity contribution in [3.63, 3.8) is 0 Å². The summed E-state index contributed by atoms with van der Waals surface area (Å²) in [5.74, 6) is 1.67. The monoisotopic (exact) mass is 677 g/mol. The molecule has 3 unspecified atom stereocenters. The topological polar surface area (TPSA) is 131 Å². The number of amides is 4. The van der Waals surface area contributed by atoms with E-state index in [4.69, 9.17) is 18.9 Å². The van der Waals surface area contributed by atoms with E-state index in [1.54, 1.807) is 0 Å². The second kappa shape index (κ2) is 20.7. The molecule has 47 heavy (non-hydrogen) atoms. The van der Waals surface area contributed by atoms with E-state index in [-0.39, 0.29) is 29.9 Å². The minimum atomic E-state index is -0.0588. The Morgan fingerprint density at radius 2 is 1.49 bits per heavy atom. The van der Waals surface area contributed by atoms with Gasteiger partial charge in [-0.25, -0.2) is 4.79 Å². The van der Waals surface area contributed by atoms with E-state index in [0.717, 1.165) is 51.2 Å². The van der Waals surface area contributed by atoms with E-state index < -0.39 is 0 Å². The molecular formula is C34H55N5O7S. The molecular weight excluding hydrogens is 622 g/mol. The molecule has 0 aromatic heterocycles. The number of benzene rings is 1. The zero-order valence-corrected chi connectivity index (χ0v) is 29.0.